The van der Waals surface area contributed by atoms with Crippen molar-refractivity contribution in [3.63, 3.8) is 0 Å². The number of nitrogens with zero attached hydrogens (tertiary/aromatic N) is 3. The highest BCUT2D eigenvalue weighted by Gasteiger charge is 2.18. The third-order valence-corrected chi connectivity index (χ3v) is 3.96. The van der Waals surface area contributed by atoms with Crippen molar-refractivity contribution in [2.75, 3.05) is 18.5 Å². The minimum absolute atomic E-state index is 0.0185. The van der Waals surface area contributed by atoms with E-state index in [0.717, 1.165) is 4.68 Å². The number of carbonyl (C=O) groups is 1. The molecule has 23 heavy (non-hydrogen) atoms. The second-order valence-electron chi connectivity index (χ2n) is 5.16. The first-order valence-electron chi connectivity index (χ1n) is 6.79. The van der Waals surface area contributed by atoms with Gasteiger partial charge >= 0.3 is 5.97 Å². The summed E-state index contributed by atoms with van der Waals surface area (Å²) < 4.78 is 1.16. The zero-order chi connectivity index (χ0) is 17.1. The van der Waals surface area contributed by atoms with E-state index in [0.29, 0.717) is 16.4 Å². The van der Waals surface area contributed by atoms with E-state index < -0.39 is 17.4 Å². The Bertz CT molecular complexity index is 775. The molecule has 0 aliphatic heterocycles. The molecule has 1 heterocycles. The summed E-state index contributed by atoms with van der Waals surface area (Å²) in [5, 5.41) is 13.6. The van der Waals surface area contributed by atoms with Crippen LogP contribution in [0.2, 0.25) is 10.0 Å². The Morgan fingerprint density at radius 3 is 2.52 bits per heavy atom. The molecule has 0 bridgehead atoms. The zero-order valence-electron chi connectivity index (χ0n) is 12.5. The van der Waals surface area contributed by atoms with Gasteiger partial charge in [0.15, 0.2) is 0 Å². The predicted molar refractivity (Wildman–Crippen MR) is 89.9 cm³/mol. The van der Waals surface area contributed by atoms with Crippen molar-refractivity contribution in [2.45, 2.75) is 6.92 Å². The van der Waals surface area contributed by atoms with Crippen LogP contribution in [-0.4, -0.2) is 34.4 Å². The lowest BCUT2D eigenvalue weighted by Gasteiger charge is -2.22. The maximum absolute atomic E-state index is 12.4. The molecule has 0 saturated heterocycles. The summed E-state index contributed by atoms with van der Waals surface area (Å²) in [6, 6.07) is 6.60. The van der Waals surface area contributed by atoms with E-state index in [2.05, 4.69) is 5.10 Å². The largest absolute Gasteiger partial charge is 0.481 e. The number of rotatable bonds is 5. The Labute approximate surface area is 142 Å². The molecular formula is C15H15Cl2N3O3. The molecule has 0 amide bonds. The topological polar surface area (TPSA) is 75.4 Å². The molecule has 0 radical (unpaired) electrons. The van der Waals surface area contributed by atoms with Crippen LogP contribution in [0.1, 0.15) is 6.92 Å². The van der Waals surface area contributed by atoms with Crippen molar-refractivity contribution in [3.05, 3.63) is 50.9 Å². The third-order valence-electron chi connectivity index (χ3n) is 3.35. The van der Waals surface area contributed by atoms with Gasteiger partial charge in [-0.3, -0.25) is 9.59 Å². The summed E-state index contributed by atoms with van der Waals surface area (Å²) in [6.45, 7) is 1.79. The number of aliphatic carboxylic acids is 1. The van der Waals surface area contributed by atoms with Crippen molar-refractivity contribution in [1.82, 2.24) is 9.78 Å². The third kappa shape index (κ3) is 3.83. The van der Waals surface area contributed by atoms with Gasteiger partial charge in [0.05, 0.1) is 23.5 Å². The van der Waals surface area contributed by atoms with E-state index >= 15 is 0 Å². The van der Waals surface area contributed by atoms with Crippen molar-refractivity contribution < 1.29 is 9.90 Å². The first-order chi connectivity index (χ1) is 10.8. The fourth-order valence-electron chi connectivity index (χ4n) is 2.04. The molecule has 0 fully saturated rings. The van der Waals surface area contributed by atoms with Crippen LogP contribution in [0.3, 0.4) is 0 Å². The Morgan fingerprint density at radius 2 is 1.96 bits per heavy atom. The van der Waals surface area contributed by atoms with E-state index in [1.54, 1.807) is 43.1 Å². The van der Waals surface area contributed by atoms with Gasteiger partial charge in [-0.1, -0.05) is 30.1 Å². The minimum atomic E-state index is -0.921. The summed E-state index contributed by atoms with van der Waals surface area (Å²) in [5.41, 5.74) is 0.436. The number of benzene rings is 1. The SMILES string of the molecule is CC(CN(C)c1cnn(-c2ccc(Cl)cc2)c(=O)c1Cl)C(=O)O. The first-order valence-corrected chi connectivity index (χ1v) is 7.54. The van der Waals surface area contributed by atoms with Gasteiger partial charge in [-0.25, -0.2) is 0 Å². The number of halogens is 2. The summed E-state index contributed by atoms with van der Waals surface area (Å²) in [6.07, 6.45) is 1.44. The number of hydrogen-bond donors (Lipinski definition) is 1. The molecule has 122 valence electrons. The number of anilines is 1. The van der Waals surface area contributed by atoms with Crippen LogP contribution in [0.25, 0.3) is 5.69 Å². The van der Waals surface area contributed by atoms with E-state index in [4.69, 9.17) is 28.3 Å². The summed E-state index contributed by atoms with van der Waals surface area (Å²) >= 11 is 12.0. The smallest absolute Gasteiger partial charge is 0.308 e. The van der Waals surface area contributed by atoms with Crippen LogP contribution in [-0.2, 0) is 4.79 Å². The average molecular weight is 356 g/mol. The lowest BCUT2D eigenvalue weighted by atomic mass is 10.2. The van der Waals surface area contributed by atoms with Gasteiger partial charge in [0, 0.05) is 18.6 Å². The van der Waals surface area contributed by atoms with Gasteiger partial charge in [0.2, 0.25) is 0 Å². The standard InChI is InChI=1S/C15H15Cl2N3O3/c1-9(15(22)23)8-19(2)12-7-18-20(14(21)13(12)17)11-5-3-10(16)4-6-11/h3-7,9H,8H2,1-2H3,(H,22,23). The highest BCUT2D eigenvalue weighted by atomic mass is 35.5. The minimum Gasteiger partial charge on any atom is -0.481 e. The second-order valence-corrected chi connectivity index (χ2v) is 5.97. The van der Waals surface area contributed by atoms with E-state index in [9.17, 15) is 9.59 Å². The predicted octanol–water partition coefficient (Wildman–Crippen LogP) is 2.70. The molecule has 2 aromatic rings. The zero-order valence-corrected chi connectivity index (χ0v) is 14.0. The molecule has 1 aromatic carbocycles. The Morgan fingerprint density at radius 1 is 1.35 bits per heavy atom. The summed E-state index contributed by atoms with van der Waals surface area (Å²) in [4.78, 5) is 24.9. The highest BCUT2D eigenvalue weighted by molar-refractivity contribution is 6.33. The van der Waals surface area contributed by atoms with Gasteiger partial charge in [0.25, 0.3) is 5.56 Å². The molecule has 2 rings (SSSR count). The Balaban J connectivity index is 2.36. The molecule has 0 spiro atoms. The first kappa shape index (κ1) is 17.3. The van der Waals surface area contributed by atoms with Crippen molar-refractivity contribution in [3.8, 4) is 5.69 Å². The van der Waals surface area contributed by atoms with Gasteiger partial charge < -0.3 is 10.0 Å². The van der Waals surface area contributed by atoms with E-state index in [1.165, 1.54) is 6.20 Å². The summed E-state index contributed by atoms with van der Waals surface area (Å²) in [5.74, 6) is -1.52. The van der Waals surface area contributed by atoms with Crippen LogP contribution in [0, 0.1) is 5.92 Å². The normalized spacial score (nSPS) is 12.0. The summed E-state index contributed by atoms with van der Waals surface area (Å²) in [7, 11) is 1.66. The molecule has 0 aliphatic rings. The fraction of sp³-hybridized carbons (Fsp3) is 0.267. The molecule has 1 atom stereocenters. The van der Waals surface area contributed by atoms with Crippen LogP contribution < -0.4 is 10.5 Å². The number of carboxylic acid groups (broad SMARTS) is 1. The molecule has 1 aromatic heterocycles. The van der Waals surface area contributed by atoms with Crippen molar-refractivity contribution in [1.29, 1.82) is 0 Å². The maximum Gasteiger partial charge on any atom is 0.308 e. The van der Waals surface area contributed by atoms with E-state index in [1.807, 2.05) is 0 Å². The van der Waals surface area contributed by atoms with Gasteiger partial charge in [-0.15, -0.1) is 0 Å². The van der Waals surface area contributed by atoms with Crippen LogP contribution in [0.5, 0.6) is 0 Å². The highest BCUT2D eigenvalue weighted by Crippen LogP contribution is 2.21. The van der Waals surface area contributed by atoms with Crippen molar-refractivity contribution >= 4 is 34.9 Å². The molecule has 1 N–H and O–H groups in total. The van der Waals surface area contributed by atoms with Crippen LogP contribution in [0.4, 0.5) is 5.69 Å². The fourth-order valence-corrected chi connectivity index (χ4v) is 2.44. The average Bonchev–Trinajstić information content (AvgIpc) is 2.50. The monoisotopic (exact) mass is 355 g/mol. The number of aromatic nitrogens is 2. The van der Waals surface area contributed by atoms with Crippen molar-refractivity contribution in [2.24, 2.45) is 5.92 Å². The van der Waals surface area contributed by atoms with E-state index in [-0.39, 0.29) is 11.6 Å². The maximum atomic E-state index is 12.4. The lowest BCUT2D eigenvalue weighted by Crippen LogP contribution is -2.31. The molecule has 0 aliphatic carbocycles. The van der Waals surface area contributed by atoms with Gasteiger partial charge in [-0.05, 0) is 24.3 Å². The van der Waals surface area contributed by atoms with Gasteiger partial charge in [0.1, 0.15) is 5.02 Å². The second kappa shape index (κ2) is 7.02. The molecule has 8 heteroatoms. The van der Waals surface area contributed by atoms with Gasteiger partial charge in [-0.2, -0.15) is 9.78 Å². The number of carboxylic acids is 1. The molecular weight excluding hydrogens is 341 g/mol. The lowest BCUT2D eigenvalue weighted by molar-refractivity contribution is -0.140. The molecule has 6 nitrogen and oxygen atoms in total. The Hall–Kier alpha value is -2.05. The van der Waals surface area contributed by atoms with Crippen LogP contribution in [0.15, 0.2) is 35.3 Å². The Kier molecular flexibility index (Phi) is 5.28. The number of hydrogen-bond acceptors (Lipinski definition) is 4. The molecule has 1 unspecified atom stereocenters. The molecule has 0 saturated carbocycles. The van der Waals surface area contributed by atoms with Crippen LogP contribution >= 0.6 is 23.2 Å². The quantitative estimate of drug-likeness (QED) is 0.892.